The van der Waals surface area contributed by atoms with Crippen molar-refractivity contribution in [2.24, 2.45) is 0 Å². The number of nitrogens with two attached hydrogens (primary N) is 1. The molecule has 0 aliphatic heterocycles. The maximum absolute atomic E-state index is 13.5. The van der Waals surface area contributed by atoms with Crippen LogP contribution in [0.2, 0.25) is 0 Å². The lowest BCUT2D eigenvalue weighted by Gasteiger charge is -2.13. The van der Waals surface area contributed by atoms with Crippen LogP contribution in [-0.4, -0.2) is 0 Å². The molecule has 19 heavy (non-hydrogen) atoms. The van der Waals surface area contributed by atoms with Gasteiger partial charge < -0.3 is 11.1 Å². The summed E-state index contributed by atoms with van der Waals surface area (Å²) in [6, 6.07) is 10.2. The Balaban J connectivity index is 2.43. The number of nitriles is 1. The number of rotatable bonds is 2. The zero-order valence-corrected chi connectivity index (χ0v) is 11.8. The van der Waals surface area contributed by atoms with E-state index in [1.807, 2.05) is 13.0 Å². The third-order valence-electron chi connectivity index (χ3n) is 2.76. The predicted molar refractivity (Wildman–Crippen MR) is 77.7 cm³/mol. The van der Waals surface area contributed by atoms with Crippen LogP contribution in [0.3, 0.4) is 0 Å². The molecule has 2 aromatic carbocycles. The maximum Gasteiger partial charge on any atom is 0.139 e. The lowest BCUT2D eigenvalue weighted by molar-refractivity contribution is 0.621. The zero-order chi connectivity index (χ0) is 14.0. The maximum atomic E-state index is 13.5. The number of hydrogen-bond donors (Lipinski definition) is 2. The molecule has 3 N–H and O–H groups in total. The lowest BCUT2D eigenvalue weighted by atomic mass is 10.1. The molecule has 3 nitrogen and oxygen atoms in total. The highest BCUT2D eigenvalue weighted by atomic mass is 79.9. The summed E-state index contributed by atoms with van der Waals surface area (Å²) >= 11 is 3.13. The first-order valence-electron chi connectivity index (χ1n) is 5.54. The van der Waals surface area contributed by atoms with E-state index in [0.717, 1.165) is 5.56 Å². The summed E-state index contributed by atoms with van der Waals surface area (Å²) in [5, 5.41) is 12.0. The quantitative estimate of drug-likeness (QED) is 0.819. The number of hydrogen-bond acceptors (Lipinski definition) is 3. The van der Waals surface area contributed by atoms with Gasteiger partial charge in [-0.25, -0.2) is 4.39 Å². The van der Waals surface area contributed by atoms with Gasteiger partial charge in [-0.1, -0.05) is 6.07 Å². The minimum absolute atomic E-state index is 0.354. The molecule has 0 radical (unpaired) electrons. The second-order valence-corrected chi connectivity index (χ2v) is 4.94. The SMILES string of the molecule is Cc1cc(Br)c(F)cc1Nc1cccc(C#N)c1N. The van der Waals surface area contributed by atoms with Gasteiger partial charge >= 0.3 is 0 Å². The Kier molecular flexibility index (Phi) is 3.72. The molecule has 5 heteroatoms. The predicted octanol–water partition coefficient (Wildman–Crippen LogP) is 4.09. The number of aryl methyl sites for hydroxylation is 1. The number of halogens is 2. The van der Waals surface area contributed by atoms with Crippen LogP contribution in [-0.2, 0) is 0 Å². The van der Waals surface area contributed by atoms with Gasteiger partial charge in [0.05, 0.1) is 21.4 Å². The van der Waals surface area contributed by atoms with Crippen molar-refractivity contribution in [3.8, 4) is 6.07 Å². The van der Waals surface area contributed by atoms with Gasteiger partial charge in [0, 0.05) is 5.69 Å². The van der Waals surface area contributed by atoms with E-state index >= 15 is 0 Å². The van der Waals surface area contributed by atoms with E-state index in [1.165, 1.54) is 6.07 Å². The van der Waals surface area contributed by atoms with Crippen molar-refractivity contribution in [2.45, 2.75) is 6.92 Å². The van der Waals surface area contributed by atoms with Gasteiger partial charge in [-0.3, -0.25) is 0 Å². The number of nitrogen functional groups attached to an aromatic ring is 1. The molecule has 0 aliphatic carbocycles. The number of anilines is 3. The van der Waals surface area contributed by atoms with E-state index in [9.17, 15) is 4.39 Å². The van der Waals surface area contributed by atoms with E-state index in [1.54, 1.807) is 24.3 Å². The summed E-state index contributed by atoms with van der Waals surface area (Å²) in [5.74, 6) is -0.358. The van der Waals surface area contributed by atoms with Crippen LogP contribution >= 0.6 is 15.9 Å². The first-order valence-corrected chi connectivity index (χ1v) is 6.33. The van der Waals surface area contributed by atoms with Gasteiger partial charge in [0.25, 0.3) is 0 Å². The van der Waals surface area contributed by atoms with Crippen LogP contribution in [0.4, 0.5) is 21.5 Å². The Morgan fingerprint density at radius 1 is 1.32 bits per heavy atom. The molecule has 0 saturated heterocycles. The summed E-state index contributed by atoms with van der Waals surface area (Å²) in [6.45, 7) is 1.86. The second-order valence-electron chi connectivity index (χ2n) is 4.08. The highest BCUT2D eigenvalue weighted by Gasteiger charge is 2.08. The molecule has 0 heterocycles. The van der Waals surface area contributed by atoms with Crippen molar-refractivity contribution < 1.29 is 4.39 Å². The molecule has 0 aliphatic rings. The summed E-state index contributed by atoms with van der Waals surface area (Å²) < 4.78 is 13.9. The Labute approximate surface area is 119 Å². The average Bonchev–Trinajstić information content (AvgIpc) is 2.38. The van der Waals surface area contributed by atoms with Crippen LogP contribution in [0.5, 0.6) is 0 Å². The Bertz CT molecular complexity index is 677. The Hall–Kier alpha value is -2.06. The third kappa shape index (κ3) is 2.69. The van der Waals surface area contributed by atoms with Crippen molar-refractivity contribution in [3.63, 3.8) is 0 Å². The van der Waals surface area contributed by atoms with E-state index < -0.39 is 0 Å². The fourth-order valence-electron chi connectivity index (χ4n) is 1.70. The number of nitrogens with one attached hydrogen (secondary N) is 1. The summed E-state index contributed by atoms with van der Waals surface area (Å²) in [5.41, 5.74) is 8.69. The minimum atomic E-state index is -0.358. The van der Waals surface area contributed by atoms with Gasteiger partial charge in [0.2, 0.25) is 0 Å². The molecule has 0 aromatic heterocycles. The molecular formula is C14H11BrFN3. The number of benzene rings is 2. The number of para-hydroxylation sites is 1. The fraction of sp³-hybridized carbons (Fsp3) is 0.0714. The van der Waals surface area contributed by atoms with Crippen molar-refractivity contribution in [3.05, 3.63) is 51.7 Å². The van der Waals surface area contributed by atoms with Crippen molar-refractivity contribution in [2.75, 3.05) is 11.1 Å². The van der Waals surface area contributed by atoms with Crippen LogP contribution < -0.4 is 11.1 Å². The first-order chi connectivity index (χ1) is 9.02. The fourth-order valence-corrected chi connectivity index (χ4v) is 2.16. The van der Waals surface area contributed by atoms with E-state index in [-0.39, 0.29) is 5.82 Å². The summed E-state index contributed by atoms with van der Waals surface area (Å²) in [4.78, 5) is 0. The first kappa shape index (κ1) is 13.4. The molecule has 0 spiro atoms. The van der Waals surface area contributed by atoms with Crippen molar-refractivity contribution in [1.29, 1.82) is 5.26 Å². The van der Waals surface area contributed by atoms with Crippen LogP contribution in [0.25, 0.3) is 0 Å². The molecule has 2 rings (SSSR count). The highest BCUT2D eigenvalue weighted by Crippen LogP contribution is 2.30. The largest absolute Gasteiger partial charge is 0.396 e. The van der Waals surface area contributed by atoms with Crippen molar-refractivity contribution in [1.82, 2.24) is 0 Å². The molecule has 0 fully saturated rings. The minimum Gasteiger partial charge on any atom is -0.396 e. The zero-order valence-electron chi connectivity index (χ0n) is 10.2. The van der Waals surface area contributed by atoms with Gasteiger partial charge in [0.1, 0.15) is 11.9 Å². The van der Waals surface area contributed by atoms with E-state index in [0.29, 0.717) is 27.1 Å². The average molecular weight is 320 g/mol. The summed E-state index contributed by atoms with van der Waals surface area (Å²) in [6.07, 6.45) is 0. The van der Waals surface area contributed by atoms with E-state index in [4.69, 9.17) is 11.0 Å². The van der Waals surface area contributed by atoms with Gasteiger partial charge in [-0.15, -0.1) is 0 Å². The standard InChI is InChI=1S/C14H11BrFN3/c1-8-5-10(15)11(16)6-13(8)19-12-4-2-3-9(7-17)14(12)18/h2-6,19H,18H2,1H3. The topological polar surface area (TPSA) is 61.8 Å². The van der Waals surface area contributed by atoms with Crippen LogP contribution in [0, 0.1) is 24.1 Å². The van der Waals surface area contributed by atoms with Gasteiger partial charge in [0.15, 0.2) is 0 Å². The molecule has 96 valence electrons. The van der Waals surface area contributed by atoms with Gasteiger partial charge in [-0.05, 0) is 52.7 Å². The lowest BCUT2D eigenvalue weighted by Crippen LogP contribution is -2.00. The normalized spacial score (nSPS) is 10.0. The van der Waals surface area contributed by atoms with Crippen LogP contribution in [0.15, 0.2) is 34.8 Å². The molecule has 2 aromatic rings. The van der Waals surface area contributed by atoms with Crippen molar-refractivity contribution >= 4 is 33.0 Å². The highest BCUT2D eigenvalue weighted by molar-refractivity contribution is 9.10. The van der Waals surface area contributed by atoms with E-state index in [2.05, 4.69) is 21.2 Å². The second kappa shape index (κ2) is 5.29. The number of nitrogens with zero attached hydrogens (tertiary/aromatic N) is 1. The Morgan fingerprint density at radius 3 is 2.74 bits per heavy atom. The third-order valence-corrected chi connectivity index (χ3v) is 3.37. The smallest absolute Gasteiger partial charge is 0.139 e. The molecular weight excluding hydrogens is 309 g/mol. The molecule has 0 saturated carbocycles. The molecule has 0 bridgehead atoms. The monoisotopic (exact) mass is 319 g/mol. The molecule has 0 atom stereocenters. The van der Waals surface area contributed by atoms with Gasteiger partial charge in [-0.2, -0.15) is 5.26 Å². The van der Waals surface area contributed by atoms with Crippen LogP contribution in [0.1, 0.15) is 11.1 Å². The molecule has 0 amide bonds. The Morgan fingerprint density at radius 2 is 2.05 bits per heavy atom. The summed E-state index contributed by atoms with van der Waals surface area (Å²) in [7, 11) is 0. The molecule has 0 unspecified atom stereocenters.